The largest absolute Gasteiger partial charge is 0.381 e. The first-order valence-corrected chi connectivity index (χ1v) is 17.9. The second kappa shape index (κ2) is 16.4. The molecule has 0 radical (unpaired) electrons. The molecule has 6 rings (SSSR count). The Kier molecular flexibility index (Phi) is 11.8. The summed E-state index contributed by atoms with van der Waals surface area (Å²) in [7, 11) is 0. The number of hydrogen-bond acceptors (Lipinski definition) is 7. The van der Waals surface area contributed by atoms with Gasteiger partial charge in [0.05, 0.1) is 17.9 Å². The second-order valence-corrected chi connectivity index (χ2v) is 14.2. The Hall–Kier alpha value is -4.24. The number of rotatable bonds is 12. The Morgan fingerprint density at radius 3 is 2.47 bits per heavy atom. The van der Waals surface area contributed by atoms with Gasteiger partial charge < -0.3 is 30.6 Å². The topological polar surface area (TPSA) is 149 Å². The van der Waals surface area contributed by atoms with Crippen LogP contribution in [0, 0.1) is 35.3 Å². The van der Waals surface area contributed by atoms with Crippen LogP contribution in [-0.4, -0.2) is 102 Å². The van der Waals surface area contributed by atoms with Gasteiger partial charge in [-0.15, -0.1) is 0 Å². The fourth-order valence-electron chi connectivity index (χ4n) is 7.66. The van der Waals surface area contributed by atoms with Gasteiger partial charge in [-0.3, -0.25) is 19.3 Å². The molecule has 2 aromatic rings. The van der Waals surface area contributed by atoms with Crippen molar-refractivity contribution in [2.45, 2.75) is 63.7 Å². The maximum atomic E-state index is 15.0. The number of benzene rings is 1. The lowest BCUT2D eigenvalue weighted by atomic mass is 9.81. The zero-order valence-electron chi connectivity index (χ0n) is 28.7. The lowest BCUT2D eigenvalue weighted by molar-refractivity contribution is -0.138. The predicted octanol–water partition coefficient (Wildman–Crippen LogP) is 3.63. The summed E-state index contributed by atoms with van der Waals surface area (Å²) >= 11 is 0. The van der Waals surface area contributed by atoms with Gasteiger partial charge in [0.1, 0.15) is 23.6 Å². The number of aromatic amines is 1. The molecule has 51 heavy (non-hydrogen) atoms. The van der Waals surface area contributed by atoms with Gasteiger partial charge >= 0.3 is 6.03 Å². The van der Waals surface area contributed by atoms with Crippen molar-refractivity contribution in [2.75, 3.05) is 45.9 Å². The number of imidazole rings is 1. The minimum atomic E-state index is -1.16. The lowest BCUT2D eigenvalue weighted by Crippen LogP contribution is -2.52. The highest BCUT2D eigenvalue weighted by Crippen LogP contribution is 2.37. The van der Waals surface area contributed by atoms with Crippen molar-refractivity contribution < 1.29 is 37.1 Å². The summed E-state index contributed by atoms with van der Waals surface area (Å²) in [5, 5.41) is 9.02. The summed E-state index contributed by atoms with van der Waals surface area (Å²) < 4.78 is 49.4. The van der Waals surface area contributed by atoms with Crippen molar-refractivity contribution in [3.8, 4) is 11.3 Å². The fraction of sp³-hybridized carbons (Fsp3) is 0.583. The average Bonchev–Trinajstić information content (AvgIpc) is 3.86. The number of amides is 5. The summed E-state index contributed by atoms with van der Waals surface area (Å²) in [6.45, 7) is 3.89. The number of imide groups is 1. The van der Waals surface area contributed by atoms with Gasteiger partial charge in [-0.2, -0.15) is 0 Å². The minimum Gasteiger partial charge on any atom is -0.381 e. The van der Waals surface area contributed by atoms with Crippen LogP contribution in [0.2, 0.25) is 0 Å². The highest BCUT2D eigenvalue weighted by atomic mass is 19.1. The third-order valence-corrected chi connectivity index (χ3v) is 10.6. The van der Waals surface area contributed by atoms with E-state index in [4.69, 9.17) is 4.74 Å². The molecule has 1 aliphatic carbocycles. The molecular weight excluding hydrogens is 667 g/mol. The Bertz CT molecular complexity index is 1590. The van der Waals surface area contributed by atoms with Gasteiger partial charge in [0.25, 0.3) is 11.8 Å². The van der Waals surface area contributed by atoms with Gasteiger partial charge in [-0.05, 0) is 75.5 Å². The van der Waals surface area contributed by atoms with E-state index in [2.05, 4.69) is 25.9 Å². The Balaban J connectivity index is 1.12. The monoisotopic (exact) mass is 713 g/mol. The first-order chi connectivity index (χ1) is 24.6. The van der Waals surface area contributed by atoms with Crippen LogP contribution in [0.15, 0.2) is 36.5 Å². The summed E-state index contributed by atoms with van der Waals surface area (Å²) in [5.74, 6) is -2.23. The van der Waals surface area contributed by atoms with Gasteiger partial charge in [0.15, 0.2) is 0 Å². The van der Waals surface area contributed by atoms with E-state index in [-0.39, 0.29) is 66.4 Å². The van der Waals surface area contributed by atoms with Gasteiger partial charge in [-0.1, -0.05) is 0 Å². The summed E-state index contributed by atoms with van der Waals surface area (Å²) in [4.78, 5) is 61.7. The number of urea groups is 1. The SMILES string of the molecule is CC(CNC(=O)C1CCC(CN2C(=O)C=CC2=O)CC1)NC(=O)N(CC1CNCC1F)C(c1ncc(-c2cc(F)ccc2F)[nH]1)C1CCOCC1. The number of hydrogen-bond donors (Lipinski definition) is 4. The first-order valence-electron chi connectivity index (χ1n) is 17.9. The molecular formula is C36H46F3N7O5. The van der Waals surface area contributed by atoms with Crippen molar-refractivity contribution in [1.29, 1.82) is 0 Å². The number of aromatic nitrogens is 2. The molecule has 4 N–H and O–H groups in total. The zero-order valence-corrected chi connectivity index (χ0v) is 28.7. The van der Waals surface area contributed by atoms with Crippen LogP contribution in [0.5, 0.6) is 0 Å². The van der Waals surface area contributed by atoms with E-state index in [1.165, 1.54) is 23.2 Å². The van der Waals surface area contributed by atoms with Crippen molar-refractivity contribution in [2.24, 2.45) is 23.7 Å². The third-order valence-electron chi connectivity index (χ3n) is 10.6. The molecule has 4 unspecified atom stereocenters. The maximum absolute atomic E-state index is 15.0. The van der Waals surface area contributed by atoms with Crippen molar-refractivity contribution in [1.82, 2.24) is 35.7 Å². The summed E-state index contributed by atoms with van der Waals surface area (Å²) in [6, 6.07) is 1.57. The summed E-state index contributed by atoms with van der Waals surface area (Å²) in [5.41, 5.74) is 0.261. The first kappa shape index (κ1) is 36.5. The quantitative estimate of drug-likeness (QED) is 0.246. The van der Waals surface area contributed by atoms with E-state index < -0.39 is 41.8 Å². The molecule has 0 bridgehead atoms. The normalized spacial score (nSPS) is 25.2. The van der Waals surface area contributed by atoms with Gasteiger partial charge in [0, 0.05) is 81.5 Å². The van der Waals surface area contributed by atoms with Crippen LogP contribution >= 0.6 is 0 Å². The number of nitrogens with zero attached hydrogens (tertiary/aromatic N) is 3. The number of halogens is 3. The number of alkyl halides is 1. The molecule has 4 heterocycles. The van der Waals surface area contributed by atoms with Gasteiger partial charge in [0.2, 0.25) is 5.91 Å². The second-order valence-electron chi connectivity index (χ2n) is 14.2. The number of H-pyrrole nitrogens is 1. The lowest BCUT2D eigenvalue weighted by Gasteiger charge is -2.39. The highest BCUT2D eigenvalue weighted by Gasteiger charge is 2.40. The number of nitrogens with one attached hydrogen (secondary N) is 4. The van der Waals surface area contributed by atoms with Crippen molar-refractivity contribution in [3.63, 3.8) is 0 Å². The standard InChI is InChI=1S/C36H46F3N7O5/c1-21(15-42-35(49)24-4-2-22(3-5-24)19-45-31(47)8-9-32(45)48)43-36(50)46(20-25-16-40-17-29(25)39)33(23-10-12-51-13-11-23)34-41-18-30(44-34)27-14-26(37)6-7-28(27)38/h6-9,14,18,21-25,29,33,40H,2-5,10-13,15-17,19-20H2,1H3,(H,41,44)(H,42,49)(H,43,50). The highest BCUT2D eigenvalue weighted by molar-refractivity contribution is 6.12. The van der Waals surface area contributed by atoms with Crippen molar-refractivity contribution >= 4 is 23.8 Å². The van der Waals surface area contributed by atoms with Crippen LogP contribution in [0.1, 0.15) is 57.3 Å². The smallest absolute Gasteiger partial charge is 0.318 e. The van der Waals surface area contributed by atoms with Crippen molar-refractivity contribution in [3.05, 3.63) is 54.0 Å². The molecule has 12 nitrogen and oxygen atoms in total. The fourth-order valence-corrected chi connectivity index (χ4v) is 7.66. The molecule has 5 amide bonds. The molecule has 1 saturated carbocycles. The van der Waals surface area contributed by atoms with Gasteiger partial charge in [-0.25, -0.2) is 22.9 Å². The Labute approximate surface area is 294 Å². The maximum Gasteiger partial charge on any atom is 0.318 e. The number of carbonyl (C=O) groups is 4. The van der Waals surface area contributed by atoms with Crippen LogP contribution < -0.4 is 16.0 Å². The predicted molar refractivity (Wildman–Crippen MR) is 180 cm³/mol. The average molecular weight is 714 g/mol. The molecule has 0 spiro atoms. The Morgan fingerprint density at radius 1 is 1.06 bits per heavy atom. The molecule has 4 atom stereocenters. The summed E-state index contributed by atoms with van der Waals surface area (Å²) in [6.07, 6.45) is 6.72. The molecule has 3 fully saturated rings. The van der Waals surface area contributed by atoms with E-state index in [0.29, 0.717) is 57.8 Å². The molecule has 3 aliphatic heterocycles. The van der Waals surface area contributed by atoms with Crippen LogP contribution in [0.25, 0.3) is 11.3 Å². The van der Waals surface area contributed by atoms with E-state index in [1.807, 2.05) is 0 Å². The van der Waals surface area contributed by atoms with Crippen LogP contribution in [-0.2, 0) is 19.1 Å². The van der Waals surface area contributed by atoms with E-state index in [1.54, 1.807) is 11.8 Å². The van der Waals surface area contributed by atoms with E-state index in [0.717, 1.165) is 31.0 Å². The zero-order chi connectivity index (χ0) is 36.1. The number of ether oxygens (including phenoxy) is 1. The third kappa shape index (κ3) is 8.80. The van der Waals surface area contributed by atoms with Crippen LogP contribution in [0.4, 0.5) is 18.0 Å². The molecule has 4 aliphatic rings. The molecule has 15 heteroatoms. The molecule has 1 aromatic heterocycles. The van der Waals surface area contributed by atoms with E-state index in [9.17, 15) is 28.0 Å². The minimum absolute atomic E-state index is 0.00578. The molecule has 276 valence electrons. The van der Waals surface area contributed by atoms with E-state index >= 15 is 4.39 Å². The molecule has 2 saturated heterocycles. The Morgan fingerprint density at radius 2 is 1.78 bits per heavy atom. The van der Waals surface area contributed by atoms with Crippen LogP contribution in [0.3, 0.4) is 0 Å². The number of carbonyl (C=O) groups excluding carboxylic acids is 4. The molecule has 1 aromatic carbocycles.